The predicted molar refractivity (Wildman–Crippen MR) is 138 cm³/mol. The van der Waals surface area contributed by atoms with E-state index in [1.54, 1.807) is 31.2 Å². The average molecular weight is 561 g/mol. The third-order valence-electron chi connectivity index (χ3n) is 6.65. The average Bonchev–Trinajstić information content (AvgIpc) is 3.36. The number of methoxy groups -OCH3 is 3. The van der Waals surface area contributed by atoms with Crippen LogP contribution >= 0.6 is 0 Å². The van der Waals surface area contributed by atoms with E-state index in [0.29, 0.717) is 22.4 Å². The molecule has 4 aromatic rings. The quantitative estimate of drug-likeness (QED) is 0.228. The van der Waals surface area contributed by atoms with Crippen molar-refractivity contribution >= 4 is 28.2 Å². The Morgan fingerprint density at radius 1 is 0.925 bits per heavy atom. The molecule has 10 nitrogen and oxygen atoms in total. The fourth-order valence-electron chi connectivity index (χ4n) is 4.83. The van der Waals surface area contributed by atoms with Gasteiger partial charge < -0.3 is 28.5 Å². The molecule has 1 saturated heterocycles. The summed E-state index contributed by atoms with van der Waals surface area (Å²) in [6.07, 6.45) is -4.11. The summed E-state index contributed by atoms with van der Waals surface area (Å²) in [6, 6.07) is 12.9. The lowest BCUT2D eigenvalue weighted by Gasteiger charge is -2.42. The summed E-state index contributed by atoms with van der Waals surface area (Å²) in [6.45, 7) is 1.86. The molecule has 1 aliphatic heterocycles. The van der Waals surface area contributed by atoms with Crippen LogP contribution in [-0.4, -0.2) is 79.1 Å². The van der Waals surface area contributed by atoms with Gasteiger partial charge in [-0.3, -0.25) is 4.57 Å². The van der Waals surface area contributed by atoms with E-state index in [1.807, 2.05) is 25.1 Å². The summed E-state index contributed by atoms with van der Waals surface area (Å²) in [5.74, 6) is -0.298. The van der Waals surface area contributed by atoms with Crippen LogP contribution in [0.2, 0.25) is 0 Å². The molecule has 3 heterocycles. The molecule has 5 rings (SSSR count). The number of nitrogens with zero attached hydrogens (tertiary/aromatic N) is 4. The normalized spacial score (nSPS) is 23.7. The van der Waals surface area contributed by atoms with Crippen molar-refractivity contribution in [3.63, 3.8) is 0 Å². The summed E-state index contributed by atoms with van der Waals surface area (Å²) in [5.41, 5.74) is 3.30. The minimum Gasteiger partial charge on any atom is -0.406 e. The summed E-state index contributed by atoms with van der Waals surface area (Å²) >= 11 is 0. The van der Waals surface area contributed by atoms with Crippen molar-refractivity contribution in [2.75, 3.05) is 21.3 Å². The van der Waals surface area contributed by atoms with Crippen LogP contribution in [0.25, 0.3) is 27.6 Å². The second-order valence-electron chi connectivity index (χ2n) is 9.04. The largest absolute Gasteiger partial charge is 0.573 e. The Hall–Kier alpha value is -3.78. The van der Waals surface area contributed by atoms with Crippen molar-refractivity contribution in [2.24, 2.45) is 5.16 Å². The van der Waals surface area contributed by atoms with E-state index in [-0.39, 0.29) is 18.0 Å². The molecular weight excluding hydrogens is 533 g/mol. The second kappa shape index (κ2) is 11.4. The predicted octanol–water partition coefficient (Wildman–Crippen LogP) is 4.61. The highest BCUT2D eigenvalue weighted by atomic mass is 19.4. The third kappa shape index (κ3) is 5.59. The number of hydrogen-bond acceptors (Lipinski definition) is 9. The molecule has 0 aliphatic carbocycles. The Morgan fingerprint density at radius 3 is 2.33 bits per heavy atom. The molecule has 13 heteroatoms. The first kappa shape index (κ1) is 27.8. The van der Waals surface area contributed by atoms with Gasteiger partial charge in [0.15, 0.2) is 6.10 Å². The zero-order valence-electron chi connectivity index (χ0n) is 22.0. The minimum atomic E-state index is -4.75. The monoisotopic (exact) mass is 560 g/mol. The highest BCUT2D eigenvalue weighted by Gasteiger charge is 2.47. The molecule has 0 N–H and O–H groups in total. The lowest BCUT2D eigenvalue weighted by molar-refractivity contribution is -0.305. The molecule has 5 atom stereocenters. The van der Waals surface area contributed by atoms with Gasteiger partial charge in [0.1, 0.15) is 24.3 Å². The molecular formula is C27H27F3N4O6. The van der Waals surface area contributed by atoms with E-state index in [1.165, 1.54) is 37.6 Å². The van der Waals surface area contributed by atoms with Gasteiger partial charge >= 0.3 is 6.36 Å². The van der Waals surface area contributed by atoms with Gasteiger partial charge in [-0.25, -0.2) is 9.97 Å². The van der Waals surface area contributed by atoms with Crippen LogP contribution in [0.4, 0.5) is 13.2 Å². The Labute approximate surface area is 227 Å². The van der Waals surface area contributed by atoms with E-state index in [9.17, 15) is 13.2 Å². The lowest BCUT2D eigenvalue weighted by atomic mass is 9.99. The highest BCUT2D eigenvalue weighted by molar-refractivity contribution is 6.03. The van der Waals surface area contributed by atoms with E-state index in [0.717, 1.165) is 10.9 Å². The zero-order chi connectivity index (χ0) is 28.4. The van der Waals surface area contributed by atoms with E-state index < -0.39 is 24.9 Å². The number of imidazole rings is 1. The minimum absolute atomic E-state index is 0.298. The first-order chi connectivity index (χ1) is 19.2. The molecule has 1 fully saturated rings. The first-order valence-electron chi connectivity index (χ1n) is 12.3. The Bertz CT molecular complexity index is 1490. The zero-order valence-corrected chi connectivity index (χ0v) is 22.0. The molecule has 1 aliphatic rings. The molecule has 0 bridgehead atoms. The molecule has 40 heavy (non-hydrogen) atoms. The number of alkyl halides is 3. The van der Waals surface area contributed by atoms with Gasteiger partial charge in [0.25, 0.3) is 6.29 Å². The van der Waals surface area contributed by atoms with Gasteiger partial charge in [0.2, 0.25) is 0 Å². The number of hydrogen-bond donors (Lipinski definition) is 0. The van der Waals surface area contributed by atoms with Crippen molar-refractivity contribution in [1.29, 1.82) is 0 Å². The number of fused-ring (bicyclic) bond motifs is 3. The number of pyridine rings is 1. The molecule has 0 unspecified atom stereocenters. The van der Waals surface area contributed by atoms with Crippen LogP contribution in [-0.2, 0) is 23.8 Å². The topological polar surface area (TPSA) is 98.5 Å². The summed E-state index contributed by atoms with van der Waals surface area (Å²) in [5, 5.41) is 4.87. The molecule has 0 amide bonds. The number of benzene rings is 2. The lowest BCUT2D eigenvalue weighted by Crippen LogP contribution is -2.59. The fraction of sp³-hybridized carbons (Fsp3) is 0.370. The van der Waals surface area contributed by atoms with E-state index in [4.69, 9.17) is 23.8 Å². The number of oxime groups is 1. The standard InChI is InChI=1S/C27H27F3N4O6/c1-15-23(35-2)24(36-3)25(37-4)26(38-15)40-32-13-16-5-10-19-20(33-16)11-12-21-22(19)31-14-34(21)17-6-8-18(9-7-17)39-27(28,29)30/h5-15,23-26H,1-4H3/b32-13+/t15-,23-,24+,25+,26-/m0/s1. The smallest absolute Gasteiger partial charge is 0.406 e. The van der Waals surface area contributed by atoms with Crippen LogP contribution in [0.1, 0.15) is 12.6 Å². The maximum absolute atomic E-state index is 12.5. The number of aromatic nitrogens is 3. The summed E-state index contributed by atoms with van der Waals surface area (Å²) in [4.78, 5) is 14.8. The van der Waals surface area contributed by atoms with Crippen molar-refractivity contribution < 1.29 is 41.7 Å². The SMILES string of the molecule is CO[C@@H]1[C@@H](OC)[C@H](C)O[C@@H](O/N=C/c2ccc3c(ccc4c3ncn4-c3ccc(OC(F)(F)F)cc3)n2)[C@@H]1OC. The number of halogens is 3. The molecule has 0 spiro atoms. The Morgan fingerprint density at radius 2 is 1.65 bits per heavy atom. The van der Waals surface area contributed by atoms with Crippen LogP contribution in [0, 0.1) is 0 Å². The van der Waals surface area contributed by atoms with E-state index in [2.05, 4.69) is 19.9 Å². The maximum atomic E-state index is 12.5. The van der Waals surface area contributed by atoms with Crippen LogP contribution in [0.15, 0.2) is 60.0 Å². The third-order valence-corrected chi connectivity index (χ3v) is 6.65. The highest BCUT2D eigenvalue weighted by Crippen LogP contribution is 2.29. The van der Waals surface area contributed by atoms with Crippen molar-refractivity contribution in [3.05, 3.63) is 60.6 Å². The molecule has 0 saturated carbocycles. The van der Waals surface area contributed by atoms with Gasteiger partial charge in [-0.2, -0.15) is 0 Å². The van der Waals surface area contributed by atoms with Crippen molar-refractivity contribution in [1.82, 2.24) is 14.5 Å². The maximum Gasteiger partial charge on any atom is 0.573 e. The molecule has 2 aromatic carbocycles. The molecule has 212 valence electrons. The van der Waals surface area contributed by atoms with Gasteiger partial charge in [-0.15, -0.1) is 13.2 Å². The Balaban J connectivity index is 1.33. The van der Waals surface area contributed by atoms with Crippen LogP contribution in [0.5, 0.6) is 5.75 Å². The van der Waals surface area contributed by atoms with Crippen molar-refractivity contribution in [3.8, 4) is 11.4 Å². The first-order valence-corrected chi connectivity index (χ1v) is 12.3. The molecule has 2 aromatic heterocycles. The van der Waals surface area contributed by atoms with Gasteiger partial charge in [-0.1, -0.05) is 5.16 Å². The second-order valence-corrected chi connectivity index (χ2v) is 9.04. The van der Waals surface area contributed by atoms with Gasteiger partial charge in [-0.05, 0) is 55.5 Å². The summed E-state index contributed by atoms with van der Waals surface area (Å²) in [7, 11) is 4.69. The van der Waals surface area contributed by atoms with Crippen LogP contribution < -0.4 is 4.74 Å². The van der Waals surface area contributed by atoms with E-state index >= 15 is 0 Å². The van der Waals surface area contributed by atoms with Gasteiger partial charge in [0.05, 0.1) is 34.6 Å². The Kier molecular flexibility index (Phi) is 7.90. The van der Waals surface area contributed by atoms with Crippen molar-refractivity contribution in [2.45, 2.75) is 44.0 Å². The number of ether oxygens (including phenoxy) is 5. The van der Waals surface area contributed by atoms with Crippen LogP contribution in [0.3, 0.4) is 0 Å². The summed E-state index contributed by atoms with van der Waals surface area (Å²) < 4.78 is 65.6. The van der Waals surface area contributed by atoms with Gasteiger partial charge in [0, 0.05) is 32.4 Å². The number of rotatable bonds is 8. The molecule has 0 radical (unpaired) electrons. The fourth-order valence-corrected chi connectivity index (χ4v) is 4.83.